The summed E-state index contributed by atoms with van der Waals surface area (Å²) in [6.45, 7) is 0. The van der Waals surface area contributed by atoms with Gasteiger partial charge in [-0.2, -0.15) is 0 Å². The standard InChI is InChI=1S/2Ce.2Nb.13O.2Sr.2Y/q2*+3;2*+5;13*-2;2*+2;2*+3. The SMILES string of the molecule is [Ce+3].[Ce+3].[Nb+5].[Nb+5].[O-2].[O-2].[O-2].[O-2].[O-2].[O-2].[O-2].[O-2].[O-2].[O-2].[O-2].[O-2].[O-2].[Sr+2].[Sr+2].[Y+3].[Y+3]. The van der Waals surface area contributed by atoms with Crippen molar-refractivity contribution in [2.75, 3.05) is 0 Å². The quantitative estimate of drug-likeness (QED) is 0.231. The molecule has 0 heterocycles. The molecule has 2 radical (unpaired) electrons. The second-order valence-corrected chi connectivity index (χ2v) is 0. The minimum atomic E-state index is 0. The van der Waals surface area contributed by atoms with E-state index in [1.807, 2.05) is 0 Å². The Balaban J connectivity index is 0. The van der Waals surface area contributed by atoms with Crippen molar-refractivity contribution in [3.63, 3.8) is 0 Å². The Morgan fingerprint density at radius 1 is 0.238 bits per heavy atom. The van der Waals surface area contributed by atoms with Gasteiger partial charge in [0.15, 0.2) is 0 Å². The van der Waals surface area contributed by atoms with Crippen LogP contribution in [-0.4, -0.2) is 91.0 Å². The Morgan fingerprint density at radius 3 is 0.238 bits per heavy atom. The molecule has 0 bridgehead atoms. The fraction of sp³-hybridized carbons (Fsp3) is 0. The molecule has 0 aliphatic carbocycles. The van der Waals surface area contributed by atoms with Crippen molar-refractivity contribution >= 4 is 91.0 Å². The zero-order valence-corrected chi connectivity index (χ0v) is 33.1. The first-order chi connectivity index (χ1) is 0. The summed E-state index contributed by atoms with van der Waals surface area (Å²) in [4.78, 5) is 0. The van der Waals surface area contributed by atoms with E-state index < -0.39 is 0 Å². The van der Waals surface area contributed by atoms with Crippen LogP contribution in [0.1, 0.15) is 0 Å². The smallest absolute Gasteiger partial charge is 2.00 e. The molecule has 0 spiro atoms. The summed E-state index contributed by atoms with van der Waals surface area (Å²) in [5, 5.41) is 0. The van der Waals surface area contributed by atoms with Crippen molar-refractivity contribution < 1.29 is 265 Å². The van der Waals surface area contributed by atoms with Crippen molar-refractivity contribution in [1.29, 1.82) is 0 Å². The summed E-state index contributed by atoms with van der Waals surface area (Å²) in [6.07, 6.45) is 0. The molecular weight excluding hydrogens is 1030 g/mol. The van der Waals surface area contributed by atoms with E-state index in [2.05, 4.69) is 0 Å². The van der Waals surface area contributed by atoms with Gasteiger partial charge in [0, 0.05) is 0 Å². The van der Waals surface area contributed by atoms with Crippen LogP contribution in [0.3, 0.4) is 0 Å². The molecular formula is Ce2Nb2O13Sr2Y2. The first kappa shape index (κ1) is 316. The molecule has 0 aliphatic heterocycles. The summed E-state index contributed by atoms with van der Waals surface area (Å²) >= 11 is 0. The largest absolute Gasteiger partial charge is 5.00 e. The van der Waals surface area contributed by atoms with Gasteiger partial charge >= 0.3 is 285 Å². The van der Waals surface area contributed by atoms with Crippen molar-refractivity contribution in [3.05, 3.63) is 0 Å². The Bertz CT molecular complexity index is 36.1. The van der Waals surface area contributed by atoms with Crippen molar-refractivity contribution in [2.45, 2.75) is 0 Å². The van der Waals surface area contributed by atoms with Crippen LogP contribution in [0.2, 0.25) is 0 Å². The first-order valence-electron chi connectivity index (χ1n) is 0. The average molecular weight is 1030 g/mol. The molecule has 0 fully saturated rings. The van der Waals surface area contributed by atoms with E-state index in [9.17, 15) is 0 Å². The number of hydrogen-bond acceptors (Lipinski definition) is 0. The third-order valence-corrected chi connectivity index (χ3v) is 0. The summed E-state index contributed by atoms with van der Waals surface area (Å²) < 4.78 is 0. The van der Waals surface area contributed by atoms with Crippen LogP contribution < -0.4 is 0 Å². The molecule has 21 heavy (non-hydrogen) atoms. The van der Waals surface area contributed by atoms with E-state index >= 15 is 0 Å². The third-order valence-electron chi connectivity index (χ3n) is 0. The molecule has 13 nitrogen and oxygen atoms in total. The predicted octanol–water partition coefficient (Wildman–Crippen LogP) is -2.32. The van der Waals surface area contributed by atoms with Gasteiger partial charge in [-0.15, -0.1) is 0 Å². The zero-order valence-electron chi connectivity index (χ0n) is 9.77. The molecule has 0 saturated carbocycles. The monoisotopic (exact) mass is 1030 g/mol. The van der Waals surface area contributed by atoms with Gasteiger partial charge in [0.1, 0.15) is 0 Å². The van der Waals surface area contributed by atoms with Crippen molar-refractivity contribution in [1.82, 2.24) is 0 Å². The average Bonchev–Trinajstić information content (AvgIpc) is 0. The third kappa shape index (κ3) is 265. The van der Waals surface area contributed by atoms with E-state index in [-0.39, 0.29) is 356 Å². The maximum absolute atomic E-state index is 0. The van der Waals surface area contributed by atoms with E-state index in [1.54, 1.807) is 0 Å². The maximum Gasteiger partial charge on any atom is 5.00 e. The second kappa shape index (κ2) is 285. The van der Waals surface area contributed by atoms with Gasteiger partial charge in [0.25, 0.3) is 0 Å². The van der Waals surface area contributed by atoms with Crippen LogP contribution in [0.25, 0.3) is 0 Å². The van der Waals surface area contributed by atoms with Gasteiger partial charge in [0.05, 0.1) is 0 Å². The Hall–Kier alpha value is 8.88. The number of hydrogen-bond donors (Lipinski definition) is 0. The fourth-order valence-electron chi connectivity index (χ4n) is 0. The van der Waals surface area contributed by atoms with Crippen LogP contribution in [0.15, 0.2) is 0 Å². The van der Waals surface area contributed by atoms with Gasteiger partial charge in [-0.05, 0) is 0 Å². The number of rotatable bonds is 0. The van der Waals surface area contributed by atoms with E-state index in [4.69, 9.17) is 0 Å². The van der Waals surface area contributed by atoms with E-state index in [0.29, 0.717) is 0 Å². The Kier molecular flexibility index (Phi) is 4280. The Labute approximate surface area is 345 Å². The molecule has 0 N–H and O–H groups in total. The van der Waals surface area contributed by atoms with Gasteiger partial charge in [-0.25, -0.2) is 0 Å². The summed E-state index contributed by atoms with van der Waals surface area (Å²) in [7, 11) is 0. The van der Waals surface area contributed by atoms with Gasteiger partial charge in [-0.1, -0.05) is 0 Å². The minimum Gasteiger partial charge on any atom is -2.00 e. The fourth-order valence-corrected chi connectivity index (χ4v) is 0. The first-order valence-corrected chi connectivity index (χ1v) is 0. The predicted molar refractivity (Wildman–Crippen MR) is 20.4 cm³/mol. The van der Waals surface area contributed by atoms with Crippen LogP contribution in [0.5, 0.6) is 0 Å². The maximum atomic E-state index is 0. The molecule has 0 saturated heterocycles. The summed E-state index contributed by atoms with van der Waals surface area (Å²) in [5.41, 5.74) is 0. The van der Waals surface area contributed by atoms with Crippen molar-refractivity contribution in [3.8, 4) is 0 Å². The topological polar surface area (TPSA) is 370 Å². The molecule has 0 aromatic heterocycles. The molecule has 0 aliphatic rings. The molecule has 0 atom stereocenters. The molecule has 0 aromatic carbocycles. The summed E-state index contributed by atoms with van der Waals surface area (Å²) in [6, 6.07) is 0. The molecule has 106 valence electrons. The van der Waals surface area contributed by atoms with E-state index in [0.717, 1.165) is 0 Å². The van der Waals surface area contributed by atoms with Gasteiger partial charge in [0.2, 0.25) is 0 Å². The molecule has 0 rings (SSSR count). The zero-order chi connectivity index (χ0) is 0. The second-order valence-electron chi connectivity index (χ2n) is 0. The molecule has 0 unspecified atom stereocenters. The normalized spacial score (nSPS) is 0. The van der Waals surface area contributed by atoms with Crippen LogP contribution in [0.4, 0.5) is 0 Å². The van der Waals surface area contributed by atoms with E-state index in [1.165, 1.54) is 0 Å². The molecule has 21 heteroatoms. The molecule has 0 amide bonds. The van der Waals surface area contributed by atoms with Gasteiger partial charge in [-0.3, -0.25) is 0 Å². The minimum absolute atomic E-state index is 0. The van der Waals surface area contributed by atoms with Crippen LogP contribution in [-0.2, 0) is 181 Å². The van der Waals surface area contributed by atoms with Crippen molar-refractivity contribution in [2.24, 2.45) is 0 Å². The van der Waals surface area contributed by atoms with Crippen LogP contribution in [0, 0.1) is 83.5 Å². The Morgan fingerprint density at radius 2 is 0.238 bits per heavy atom. The summed E-state index contributed by atoms with van der Waals surface area (Å²) in [5.74, 6) is 0. The van der Waals surface area contributed by atoms with Crippen LogP contribution >= 0.6 is 0 Å². The van der Waals surface area contributed by atoms with Gasteiger partial charge < -0.3 is 71.2 Å². The molecule has 0 aromatic rings.